The van der Waals surface area contributed by atoms with Gasteiger partial charge in [-0.2, -0.15) is 5.10 Å². The molecule has 1 heterocycles. The van der Waals surface area contributed by atoms with Gasteiger partial charge in [0.05, 0.1) is 10.7 Å². The van der Waals surface area contributed by atoms with Crippen LogP contribution in [0.15, 0.2) is 24.3 Å². The van der Waals surface area contributed by atoms with Crippen LogP contribution in [0.5, 0.6) is 0 Å². The summed E-state index contributed by atoms with van der Waals surface area (Å²) in [7, 11) is 0. The number of aromatic nitrogens is 2. The fraction of sp³-hybridized carbons (Fsp3) is 0.357. The Balaban J connectivity index is 2.13. The van der Waals surface area contributed by atoms with E-state index in [2.05, 4.69) is 23.2 Å². The summed E-state index contributed by atoms with van der Waals surface area (Å²) in [6.45, 7) is 2.20. The van der Waals surface area contributed by atoms with Crippen LogP contribution in [-0.2, 0) is 6.42 Å². The molecule has 2 aromatic rings. The third kappa shape index (κ3) is 3.27. The molecule has 0 bridgehead atoms. The van der Waals surface area contributed by atoms with Gasteiger partial charge in [-0.05, 0) is 37.1 Å². The molecule has 0 saturated heterocycles. The Morgan fingerprint density at radius 1 is 1.17 bits per heavy atom. The highest BCUT2D eigenvalue weighted by Crippen LogP contribution is 2.29. The largest absolute Gasteiger partial charge is 0.282 e. The third-order valence-corrected chi connectivity index (χ3v) is 3.44. The van der Waals surface area contributed by atoms with Crippen molar-refractivity contribution in [3.63, 3.8) is 0 Å². The maximum absolute atomic E-state index is 6.16. The van der Waals surface area contributed by atoms with Gasteiger partial charge in [0.25, 0.3) is 0 Å². The maximum Gasteiger partial charge on any atom is 0.0938 e. The first-order valence-electron chi connectivity index (χ1n) is 6.20. The lowest BCUT2D eigenvalue weighted by atomic mass is 10.1. The Morgan fingerprint density at radius 3 is 2.72 bits per heavy atom. The normalized spacial score (nSPS) is 10.8. The predicted octanol–water partition coefficient (Wildman–Crippen LogP) is 5.12. The van der Waals surface area contributed by atoms with Gasteiger partial charge in [0.15, 0.2) is 0 Å². The second kappa shape index (κ2) is 6.26. The summed E-state index contributed by atoms with van der Waals surface area (Å²) in [5.41, 5.74) is 2.95. The molecule has 96 valence electrons. The van der Waals surface area contributed by atoms with Gasteiger partial charge < -0.3 is 0 Å². The minimum atomic E-state index is 0.633. The van der Waals surface area contributed by atoms with Crippen LogP contribution in [0.3, 0.4) is 0 Å². The van der Waals surface area contributed by atoms with E-state index in [1.165, 1.54) is 19.3 Å². The molecule has 0 spiro atoms. The van der Waals surface area contributed by atoms with E-state index in [0.717, 1.165) is 23.4 Å². The molecule has 2 nitrogen and oxygen atoms in total. The molecule has 1 aromatic heterocycles. The number of hydrogen-bond acceptors (Lipinski definition) is 1. The fourth-order valence-corrected chi connectivity index (χ4v) is 2.40. The quantitative estimate of drug-likeness (QED) is 0.758. The van der Waals surface area contributed by atoms with Crippen LogP contribution < -0.4 is 0 Å². The Hall–Kier alpha value is -0.990. The summed E-state index contributed by atoms with van der Waals surface area (Å²) in [5.74, 6) is 0. The zero-order chi connectivity index (χ0) is 13.0. The standard InChI is InChI=1S/C14H16Cl2N2/c1-2-3-4-5-11-9-14(18-17-11)12-7-6-10(15)8-13(12)16/h6-9H,2-5H2,1H3,(H,17,18). The molecule has 0 unspecified atom stereocenters. The van der Waals surface area contributed by atoms with Crippen molar-refractivity contribution >= 4 is 23.2 Å². The van der Waals surface area contributed by atoms with Crippen molar-refractivity contribution in [1.29, 1.82) is 0 Å². The number of hydrogen-bond donors (Lipinski definition) is 1. The highest BCUT2D eigenvalue weighted by Gasteiger charge is 2.08. The first-order valence-corrected chi connectivity index (χ1v) is 6.96. The number of nitrogens with one attached hydrogen (secondary N) is 1. The fourth-order valence-electron chi connectivity index (χ4n) is 1.89. The van der Waals surface area contributed by atoms with Gasteiger partial charge >= 0.3 is 0 Å². The molecule has 0 radical (unpaired) electrons. The van der Waals surface area contributed by atoms with Crippen molar-refractivity contribution in [2.24, 2.45) is 0 Å². The van der Waals surface area contributed by atoms with E-state index in [1.54, 1.807) is 6.07 Å². The Bertz CT molecular complexity index is 520. The van der Waals surface area contributed by atoms with Crippen LogP contribution in [0.2, 0.25) is 10.0 Å². The van der Waals surface area contributed by atoms with Crippen LogP contribution in [0.25, 0.3) is 11.3 Å². The van der Waals surface area contributed by atoms with E-state index >= 15 is 0 Å². The molecule has 0 aliphatic rings. The molecule has 18 heavy (non-hydrogen) atoms. The molecule has 0 atom stereocenters. The Labute approximate surface area is 117 Å². The number of halogens is 2. The van der Waals surface area contributed by atoms with Gasteiger partial charge in [0, 0.05) is 16.3 Å². The highest BCUT2D eigenvalue weighted by molar-refractivity contribution is 6.36. The van der Waals surface area contributed by atoms with E-state index < -0.39 is 0 Å². The molecule has 0 amide bonds. The number of unbranched alkanes of at least 4 members (excludes halogenated alkanes) is 2. The highest BCUT2D eigenvalue weighted by atomic mass is 35.5. The first-order chi connectivity index (χ1) is 8.70. The van der Waals surface area contributed by atoms with Crippen molar-refractivity contribution < 1.29 is 0 Å². The van der Waals surface area contributed by atoms with Crippen LogP contribution in [0.1, 0.15) is 31.9 Å². The van der Waals surface area contributed by atoms with Crippen molar-refractivity contribution in [3.05, 3.63) is 40.0 Å². The SMILES string of the molecule is CCCCCc1cc(-c2ccc(Cl)cc2Cl)n[nH]1. The van der Waals surface area contributed by atoms with Gasteiger partial charge in [-0.25, -0.2) is 0 Å². The Kier molecular flexibility index (Phi) is 4.67. The average Bonchev–Trinajstić information content (AvgIpc) is 2.78. The number of nitrogens with zero attached hydrogens (tertiary/aromatic N) is 1. The predicted molar refractivity (Wildman–Crippen MR) is 77.3 cm³/mol. The van der Waals surface area contributed by atoms with Crippen LogP contribution >= 0.6 is 23.2 Å². The molecule has 0 aliphatic heterocycles. The molecule has 1 N–H and O–H groups in total. The summed E-state index contributed by atoms with van der Waals surface area (Å²) >= 11 is 12.0. The summed E-state index contributed by atoms with van der Waals surface area (Å²) in [6.07, 6.45) is 4.69. The minimum Gasteiger partial charge on any atom is -0.282 e. The van der Waals surface area contributed by atoms with Crippen molar-refractivity contribution in [3.8, 4) is 11.3 Å². The lowest BCUT2D eigenvalue weighted by Gasteiger charge is -2.00. The summed E-state index contributed by atoms with van der Waals surface area (Å²) < 4.78 is 0. The lowest BCUT2D eigenvalue weighted by molar-refractivity contribution is 0.705. The molecular weight excluding hydrogens is 267 g/mol. The molecule has 1 aromatic carbocycles. The van der Waals surface area contributed by atoms with E-state index in [1.807, 2.05) is 12.1 Å². The number of benzene rings is 1. The monoisotopic (exact) mass is 282 g/mol. The second-order valence-corrected chi connectivity index (χ2v) is 5.20. The second-order valence-electron chi connectivity index (χ2n) is 4.36. The third-order valence-electron chi connectivity index (χ3n) is 2.89. The van der Waals surface area contributed by atoms with Crippen LogP contribution in [0.4, 0.5) is 0 Å². The summed E-state index contributed by atoms with van der Waals surface area (Å²) in [5, 5.41) is 8.64. The van der Waals surface area contributed by atoms with Gasteiger partial charge in [-0.15, -0.1) is 0 Å². The number of aryl methyl sites for hydroxylation is 1. The molecule has 0 saturated carbocycles. The lowest BCUT2D eigenvalue weighted by Crippen LogP contribution is -1.84. The van der Waals surface area contributed by atoms with Gasteiger partial charge in [0.1, 0.15) is 0 Å². The number of rotatable bonds is 5. The van der Waals surface area contributed by atoms with E-state index in [4.69, 9.17) is 23.2 Å². The molecule has 0 aliphatic carbocycles. The average molecular weight is 283 g/mol. The van der Waals surface area contributed by atoms with Crippen LogP contribution in [0, 0.1) is 0 Å². The molecule has 0 fully saturated rings. The van der Waals surface area contributed by atoms with Gasteiger partial charge in [0.2, 0.25) is 0 Å². The molecular formula is C14H16Cl2N2. The van der Waals surface area contributed by atoms with Crippen molar-refractivity contribution in [2.75, 3.05) is 0 Å². The zero-order valence-corrected chi connectivity index (χ0v) is 11.9. The van der Waals surface area contributed by atoms with Crippen molar-refractivity contribution in [1.82, 2.24) is 10.2 Å². The summed E-state index contributed by atoms with van der Waals surface area (Å²) in [6, 6.07) is 7.53. The van der Waals surface area contributed by atoms with Crippen molar-refractivity contribution in [2.45, 2.75) is 32.6 Å². The van der Waals surface area contributed by atoms with E-state index in [-0.39, 0.29) is 0 Å². The number of aromatic amines is 1. The minimum absolute atomic E-state index is 0.633. The van der Waals surface area contributed by atoms with Gasteiger partial charge in [-0.3, -0.25) is 5.10 Å². The number of H-pyrrole nitrogens is 1. The molecule has 4 heteroatoms. The van der Waals surface area contributed by atoms with Crippen LogP contribution in [-0.4, -0.2) is 10.2 Å². The van der Waals surface area contributed by atoms with Gasteiger partial charge in [-0.1, -0.05) is 43.0 Å². The Morgan fingerprint density at radius 2 is 2.00 bits per heavy atom. The topological polar surface area (TPSA) is 28.7 Å². The van der Waals surface area contributed by atoms with E-state index in [0.29, 0.717) is 10.0 Å². The summed E-state index contributed by atoms with van der Waals surface area (Å²) in [4.78, 5) is 0. The molecule has 2 rings (SSSR count). The first kappa shape index (κ1) is 13.4. The smallest absolute Gasteiger partial charge is 0.0938 e. The van der Waals surface area contributed by atoms with E-state index in [9.17, 15) is 0 Å². The maximum atomic E-state index is 6.16. The zero-order valence-electron chi connectivity index (χ0n) is 10.3.